The summed E-state index contributed by atoms with van der Waals surface area (Å²) in [5.41, 5.74) is 0.0522. The molecule has 160 valence electrons. The van der Waals surface area contributed by atoms with Crippen molar-refractivity contribution < 1.29 is 19.1 Å². The number of hydrogen-bond acceptors (Lipinski definition) is 4. The molecule has 0 spiro atoms. The molecule has 6 nitrogen and oxygen atoms in total. The molecule has 1 aromatic rings. The van der Waals surface area contributed by atoms with Crippen molar-refractivity contribution in [2.75, 3.05) is 19.7 Å². The normalized spacial score (nSPS) is 23.4. The zero-order chi connectivity index (χ0) is 21.6. The summed E-state index contributed by atoms with van der Waals surface area (Å²) in [6.07, 6.45) is -0.289. The first kappa shape index (κ1) is 21.9. The zero-order valence-electron chi connectivity index (χ0n) is 18.0. The molecule has 7 heteroatoms. The second-order valence-electron chi connectivity index (χ2n) is 9.81. The standard InChI is InChI=1S/C22H31BrN2O4/c1-13-9-14(23)7-8-17(13)28-12-22(5,6)24-19(26)18-15-10-25(11-16(15)18)20(27)29-21(2,3)4/h7-9,15-16,18H,10-12H2,1-6H3,(H,24,26)/t15-,16+,18?. The highest BCUT2D eigenvalue weighted by molar-refractivity contribution is 9.10. The average molecular weight is 467 g/mol. The first-order valence-corrected chi connectivity index (χ1v) is 10.8. The Hall–Kier alpha value is -1.76. The third kappa shape index (κ3) is 5.44. The number of hydrogen-bond donors (Lipinski definition) is 1. The van der Waals surface area contributed by atoms with E-state index >= 15 is 0 Å². The summed E-state index contributed by atoms with van der Waals surface area (Å²) in [6, 6.07) is 5.87. The number of ether oxygens (including phenoxy) is 2. The van der Waals surface area contributed by atoms with Crippen LogP contribution < -0.4 is 10.1 Å². The number of fused-ring (bicyclic) bond motifs is 1. The van der Waals surface area contributed by atoms with Gasteiger partial charge in [0.05, 0.1) is 5.54 Å². The smallest absolute Gasteiger partial charge is 0.410 e. The molecule has 2 aliphatic rings. The summed E-state index contributed by atoms with van der Waals surface area (Å²) < 4.78 is 12.4. The Morgan fingerprint density at radius 1 is 1.17 bits per heavy atom. The largest absolute Gasteiger partial charge is 0.491 e. The fraction of sp³-hybridized carbons (Fsp3) is 0.636. The molecule has 29 heavy (non-hydrogen) atoms. The minimum absolute atomic E-state index is 0.0256. The van der Waals surface area contributed by atoms with E-state index in [2.05, 4.69) is 21.2 Å². The van der Waals surface area contributed by atoms with Crippen LogP contribution in [0.2, 0.25) is 0 Å². The number of nitrogens with zero attached hydrogens (tertiary/aromatic N) is 1. The minimum Gasteiger partial charge on any atom is -0.491 e. The molecule has 3 rings (SSSR count). The van der Waals surface area contributed by atoms with Gasteiger partial charge in [-0.1, -0.05) is 15.9 Å². The van der Waals surface area contributed by atoms with E-state index in [0.717, 1.165) is 15.8 Å². The van der Waals surface area contributed by atoms with Crippen molar-refractivity contribution in [1.82, 2.24) is 10.2 Å². The summed E-state index contributed by atoms with van der Waals surface area (Å²) in [4.78, 5) is 26.7. The number of rotatable bonds is 5. The molecule has 0 bridgehead atoms. The van der Waals surface area contributed by atoms with Gasteiger partial charge in [-0.05, 0) is 77.1 Å². The maximum Gasteiger partial charge on any atom is 0.410 e. The molecule has 2 fully saturated rings. The molecule has 1 saturated heterocycles. The van der Waals surface area contributed by atoms with Crippen LogP contribution in [0.25, 0.3) is 0 Å². The van der Waals surface area contributed by atoms with E-state index < -0.39 is 11.1 Å². The highest BCUT2D eigenvalue weighted by Gasteiger charge is 2.61. The van der Waals surface area contributed by atoms with Crippen molar-refractivity contribution in [2.45, 2.75) is 52.7 Å². The molecule has 1 heterocycles. The number of carbonyl (C=O) groups excluding carboxylic acids is 2. The molecule has 1 aliphatic heterocycles. The van der Waals surface area contributed by atoms with Crippen LogP contribution >= 0.6 is 15.9 Å². The van der Waals surface area contributed by atoms with Crippen molar-refractivity contribution in [3.63, 3.8) is 0 Å². The molecule has 1 saturated carbocycles. The van der Waals surface area contributed by atoms with Gasteiger partial charge in [-0.15, -0.1) is 0 Å². The molecular formula is C22H31BrN2O4. The monoisotopic (exact) mass is 466 g/mol. The average Bonchev–Trinajstić information content (AvgIpc) is 3.06. The highest BCUT2D eigenvalue weighted by atomic mass is 79.9. The predicted octanol–water partition coefficient (Wildman–Crippen LogP) is 4.14. The second kappa shape index (κ2) is 7.82. The lowest BCUT2D eigenvalue weighted by atomic mass is 10.1. The molecular weight excluding hydrogens is 436 g/mol. The van der Waals surface area contributed by atoms with Crippen molar-refractivity contribution in [1.29, 1.82) is 0 Å². The Morgan fingerprint density at radius 2 is 1.79 bits per heavy atom. The fourth-order valence-electron chi connectivity index (χ4n) is 3.88. The van der Waals surface area contributed by atoms with Crippen LogP contribution in [-0.2, 0) is 9.53 Å². The van der Waals surface area contributed by atoms with Crippen molar-refractivity contribution in [3.8, 4) is 5.75 Å². The Morgan fingerprint density at radius 3 is 2.34 bits per heavy atom. The lowest BCUT2D eigenvalue weighted by molar-refractivity contribution is -0.125. The van der Waals surface area contributed by atoms with Crippen LogP contribution in [-0.4, -0.2) is 47.7 Å². The van der Waals surface area contributed by atoms with Gasteiger partial charge >= 0.3 is 6.09 Å². The fourth-order valence-corrected chi connectivity index (χ4v) is 4.35. The Bertz CT molecular complexity index is 790. The number of piperidine rings is 1. The number of likely N-dealkylation sites (tertiary alicyclic amines) is 1. The quantitative estimate of drug-likeness (QED) is 0.707. The zero-order valence-corrected chi connectivity index (χ0v) is 19.6. The van der Waals surface area contributed by atoms with E-state index in [-0.39, 0.29) is 29.8 Å². The molecule has 0 aromatic heterocycles. The van der Waals surface area contributed by atoms with E-state index in [1.54, 1.807) is 4.90 Å². The summed E-state index contributed by atoms with van der Waals surface area (Å²) in [5.74, 6) is 1.29. The molecule has 1 N–H and O–H groups in total. The van der Waals surface area contributed by atoms with Gasteiger partial charge in [0.1, 0.15) is 18.0 Å². The maximum atomic E-state index is 12.8. The Kier molecular flexibility index (Phi) is 5.91. The van der Waals surface area contributed by atoms with Gasteiger partial charge in [0.2, 0.25) is 5.91 Å². The van der Waals surface area contributed by atoms with Crippen molar-refractivity contribution >= 4 is 27.9 Å². The van der Waals surface area contributed by atoms with Crippen LogP contribution in [0.5, 0.6) is 5.75 Å². The van der Waals surface area contributed by atoms with Gasteiger partial charge in [-0.25, -0.2) is 4.79 Å². The number of nitrogens with one attached hydrogen (secondary N) is 1. The van der Waals surface area contributed by atoms with Crippen LogP contribution in [0.4, 0.5) is 4.79 Å². The number of benzene rings is 1. The first-order valence-electron chi connectivity index (χ1n) is 10.1. The highest BCUT2D eigenvalue weighted by Crippen LogP contribution is 2.52. The van der Waals surface area contributed by atoms with Crippen molar-refractivity contribution in [3.05, 3.63) is 28.2 Å². The summed E-state index contributed by atoms with van der Waals surface area (Å²) in [5, 5.41) is 3.12. The number of amides is 2. The Balaban J connectivity index is 1.47. The van der Waals surface area contributed by atoms with E-state index in [4.69, 9.17) is 9.47 Å². The van der Waals surface area contributed by atoms with Crippen LogP contribution in [0.15, 0.2) is 22.7 Å². The molecule has 1 aliphatic carbocycles. The predicted molar refractivity (Wildman–Crippen MR) is 115 cm³/mol. The second-order valence-corrected chi connectivity index (χ2v) is 10.7. The summed E-state index contributed by atoms with van der Waals surface area (Å²) in [6.45, 7) is 13.1. The molecule has 0 radical (unpaired) electrons. The topological polar surface area (TPSA) is 67.9 Å². The molecule has 1 unspecified atom stereocenters. The third-order valence-electron chi connectivity index (χ3n) is 5.34. The van der Waals surface area contributed by atoms with Gasteiger partial charge in [0, 0.05) is 23.5 Å². The van der Waals surface area contributed by atoms with Gasteiger partial charge in [-0.2, -0.15) is 0 Å². The minimum atomic E-state index is -0.502. The van der Waals surface area contributed by atoms with Gasteiger partial charge in [-0.3, -0.25) is 4.79 Å². The third-order valence-corrected chi connectivity index (χ3v) is 5.83. The van der Waals surface area contributed by atoms with Gasteiger partial charge in [0.15, 0.2) is 0 Å². The van der Waals surface area contributed by atoms with Crippen LogP contribution in [0.1, 0.15) is 40.2 Å². The number of carbonyl (C=O) groups is 2. The maximum absolute atomic E-state index is 12.8. The molecule has 2 amide bonds. The SMILES string of the molecule is Cc1cc(Br)ccc1OCC(C)(C)NC(=O)C1[C@H]2CN(C(=O)OC(C)(C)C)C[C@@H]12. The summed E-state index contributed by atoms with van der Waals surface area (Å²) in [7, 11) is 0. The van der Waals surface area contributed by atoms with Gasteiger partial charge in [0.25, 0.3) is 0 Å². The van der Waals surface area contributed by atoms with E-state index in [9.17, 15) is 9.59 Å². The molecule has 3 atom stereocenters. The lowest BCUT2D eigenvalue weighted by Gasteiger charge is -2.28. The van der Waals surface area contributed by atoms with Crippen LogP contribution in [0, 0.1) is 24.7 Å². The first-order chi connectivity index (χ1) is 13.4. The van der Waals surface area contributed by atoms with Gasteiger partial charge < -0.3 is 19.7 Å². The van der Waals surface area contributed by atoms with Crippen LogP contribution in [0.3, 0.4) is 0 Å². The summed E-state index contributed by atoms with van der Waals surface area (Å²) >= 11 is 3.45. The Labute approximate surface area is 181 Å². The lowest BCUT2D eigenvalue weighted by Crippen LogP contribution is -2.49. The van der Waals surface area contributed by atoms with Crippen molar-refractivity contribution in [2.24, 2.45) is 17.8 Å². The number of halogens is 1. The van der Waals surface area contributed by atoms with E-state index in [1.807, 2.05) is 59.7 Å². The van der Waals surface area contributed by atoms with E-state index in [0.29, 0.717) is 19.7 Å². The molecule has 1 aromatic carbocycles. The number of aryl methyl sites for hydroxylation is 1. The van der Waals surface area contributed by atoms with E-state index in [1.165, 1.54) is 0 Å².